The number of nitrogens with zero attached hydrogens (tertiary/aromatic N) is 2. The van der Waals surface area contributed by atoms with Gasteiger partial charge in [0, 0.05) is 24.3 Å². The summed E-state index contributed by atoms with van der Waals surface area (Å²) >= 11 is 0. The molecule has 65 heavy (non-hydrogen) atoms. The van der Waals surface area contributed by atoms with Crippen LogP contribution >= 0.6 is 7.60 Å². The van der Waals surface area contributed by atoms with E-state index in [1.165, 1.54) is 6.07 Å². The van der Waals surface area contributed by atoms with Crippen LogP contribution in [0.3, 0.4) is 0 Å². The number of hydrogen-bond acceptors (Lipinski definition) is 11. The minimum atomic E-state index is -3.99. The molecule has 0 bridgehead atoms. The molecule has 6 rings (SSSR count). The van der Waals surface area contributed by atoms with E-state index in [0.29, 0.717) is 43.6 Å². The number of unbranched alkanes of at least 4 members (excludes halogenated alkanes) is 2. The number of amides is 3. The first-order valence-corrected chi connectivity index (χ1v) is 23.9. The molecule has 2 heterocycles. The molecule has 1 aliphatic rings. The molecule has 5 aromatic rings. The van der Waals surface area contributed by atoms with Gasteiger partial charge in [0.25, 0.3) is 5.91 Å². The zero-order valence-electron chi connectivity index (χ0n) is 37.3. The fourth-order valence-corrected chi connectivity index (χ4v) is 9.28. The number of furan rings is 1. The lowest BCUT2D eigenvalue weighted by atomic mass is 9.90. The lowest BCUT2D eigenvalue weighted by Gasteiger charge is -2.31. The van der Waals surface area contributed by atoms with Gasteiger partial charge in [-0.1, -0.05) is 93.8 Å². The average Bonchev–Trinajstić information content (AvgIpc) is 4.07. The summed E-state index contributed by atoms with van der Waals surface area (Å²) < 4.78 is 38.8. The van der Waals surface area contributed by atoms with Gasteiger partial charge in [0.1, 0.15) is 11.5 Å². The smallest absolute Gasteiger partial charge is 0.363 e. The van der Waals surface area contributed by atoms with Gasteiger partial charge in [0.15, 0.2) is 5.76 Å². The predicted octanol–water partition coefficient (Wildman–Crippen LogP) is 9.21. The van der Waals surface area contributed by atoms with E-state index < -0.39 is 37.3 Å². The highest BCUT2D eigenvalue weighted by molar-refractivity contribution is 7.62. The van der Waals surface area contributed by atoms with E-state index in [1.54, 1.807) is 36.4 Å². The van der Waals surface area contributed by atoms with E-state index in [1.807, 2.05) is 93.6 Å². The van der Waals surface area contributed by atoms with Crippen LogP contribution in [0.4, 0.5) is 5.69 Å². The quantitative estimate of drug-likeness (QED) is 0.0189. The van der Waals surface area contributed by atoms with Gasteiger partial charge in [-0.05, 0) is 98.3 Å². The molecule has 0 aliphatic carbocycles. The molecule has 2 atom stereocenters. The number of carbonyl (C=O) groups excluding carboxylic acids is 4. The molecule has 3 amide bonds. The Labute approximate surface area is 381 Å². The van der Waals surface area contributed by atoms with Crippen molar-refractivity contribution in [2.45, 2.75) is 85.0 Å². The molecule has 0 unspecified atom stereocenters. The van der Waals surface area contributed by atoms with Crippen molar-refractivity contribution in [3.05, 3.63) is 138 Å². The van der Waals surface area contributed by atoms with E-state index in [9.17, 15) is 23.7 Å². The summed E-state index contributed by atoms with van der Waals surface area (Å²) in [4.78, 5) is 60.7. The summed E-state index contributed by atoms with van der Waals surface area (Å²) in [7, 11) is -3.99. The minimum absolute atomic E-state index is 0.0259. The van der Waals surface area contributed by atoms with Crippen LogP contribution in [0.15, 0.2) is 120 Å². The van der Waals surface area contributed by atoms with Crippen molar-refractivity contribution < 1.29 is 46.8 Å². The van der Waals surface area contributed by atoms with E-state index in [2.05, 4.69) is 15.5 Å². The van der Waals surface area contributed by atoms with Crippen LogP contribution in [0, 0.1) is 5.92 Å². The molecule has 15 heteroatoms. The summed E-state index contributed by atoms with van der Waals surface area (Å²) in [6.45, 7) is 7.75. The second-order valence-electron chi connectivity index (χ2n) is 15.7. The highest BCUT2D eigenvalue weighted by Gasteiger charge is 2.34. The molecule has 4 aromatic carbocycles. The van der Waals surface area contributed by atoms with Crippen molar-refractivity contribution in [3.8, 4) is 17.1 Å². The van der Waals surface area contributed by atoms with Crippen molar-refractivity contribution in [2.24, 2.45) is 5.92 Å². The van der Waals surface area contributed by atoms with Crippen LogP contribution in [-0.4, -0.2) is 61.7 Å². The van der Waals surface area contributed by atoms with Crippen molar-refractivity contribution >= 4 is 42.8 Å². The van der Waals surface area contributed by atoms with Crippen LogP contribution < -0.4 is 25.6 Å². The fraction of sp³-hybridized carbons (Fsp3) is 0.360. The van der Waals surface area contributed by atoms with Gasteiger partial charge < -0.3 is 38.6 Å². The van der Waals surface area contributed by atoms with Gasteiger partial charge >= 0.3 is 13.6 Å². The Morgan fingerprint density at radius 1 is 0.815 bits per heavy atom. The Kier molecular flexibility index (Phi) is 18.0. The van der Waals surface area contributed by atoms with Gasteiger partial charge in [0.2, 0.25) is 12.3 Å². The Hall–Kier alpha value is -6.21. The van der Waals surface area contributed by atoms with Crippen molar-refractivity contribution in [1.82, 2.24) is 15.7 Å². The Bertz CT molecular complexity index is 2310. The predicted molar refractivity (Wildman–Crippen MR) is 248 cm³/mol. The number of rotatable bonds is 25. The molecule has 14 nitrogen and oxygen atoms in total. The Morgan fingerprint density at radius 3 is 2.08 bits per heavy atom. The summed E-state index contributed by atoms with van der Waals surface area (Å²) in [5.74, 6) is -1.83. The summed E-state index contributed by atoms with van der Waals surface area (Å²) in [5, 5.41) is 6.64. The highest BCUT2D eigenvalue weighted by atomic mass is 31.2. The van der Waals surface area contributed by atoms with Crippen LogP contribution in [0.25, 0.3) is 11.3 Å². The van der Waals surface area contributed by atoms with Crippen LogP contribution in [-0.2, 0) is 41.3 Å². The lowest BCUT2D eigenvalue weighted by Crippen LogP contribution is -2.49. The first-order valence-electron chi connectivity index (χ1n) is 22.4. The first-order chi connectivity index (χ1) is 31.6. The zero-order valence-corrected chi connectivity index (χ0v) is 38.2. The third kappa shape index (κ3) is 13.4. The van der Waals surface area contributed by atoms with Crippen molar-refractivity contribution in [3.63, 3.8) is 0 Å². The monoisotopic (exact) mass is 906 g/mol. The molecular weight excluding hydrogens is 848 g/mol. The molecule has 1 saturated heterocycles. The standard InChI is InChI=1S/C50H59N4O10P/c1-4-7-10-21-44(45(5-2)54(36-55)64-50(58)39-22-24-41(25-23-39)53-28-15-16-29-53)48(56)51-35-52-49(57)47-27-26-46(63-47)40-30-42(60-6-3)32-43(31-40)65(59,61-33-37-17-11-8-12-18-37)62-34-38-19-13-9-14-20-38/h8-9,11-14,17-20,22-27,30-32,36,44-45H,4-7,10,15-16,21,28-29,33-35H2,1-3H3,(H,51,56)(H,52,57)/t44-,45-/m1/s1. The lowest BCUT2D eigenvalue weighted by molar-refractivity contribution is -0.171. The SMILES string of the molecule is CCCCC[C@@H](C(=O)NCNC(=O)c1ccc(-c2cc(OCC)cc(P(=O)(OCc3ccccc3)OCc3ccccc3)c2)o1)[C@@H](CC)N(C=O)OC(=O)c1ccc(N2CCCC2)cc1. The maximum atomic E-state index is 14.7. The molecule has 0 radical (unpaired) electrons. The van der Waals surface area contributed by atoms with Crippen molar-refractivity contribution in [1.29, 1.82) is 0 Å². The number of ether oxygens (including phenoxy) is 1. The van der Waals surface area contributed by atoms with E-state index in [0.717, 1.165) is 60.7 Å². The fourth-order valence-electron chi connectivity index (χ4n) is 7.69. The maximum absolute atomic E-state index is 14.7. The summed E-state index contributed by atoms with van der Waals surface area (Å²) in [6.07, 6.45) is 5.89. The van der Waals surface area contributed by atoms with Crippen LogP contribution in [0.2, 0.25) is 0 Å². The van der Waals surface area contributed by atoms with Crippen LogP contribution in [0.5, 0.6) is 5.75 Å². The van der Waals surface area contributed by atoms with E-state index in [4.69, 9.17) is 23.0 Å². The van der Waals surface area contributed by atoms with Gasteiger partial charge in [-0.3, -0.25) is 18.9 Å². The Morgan fingerprint density at radius 2 is 1.48 bits per heavy atom. The first kappa shape index (κ1) is 48.3. The molecule has 0 saturated carbocycles. The van der Waals surface area contributed by atoms with Gasteiger partial charge in [0.05, 0.1) is 49.3 Å². The second kappa shape index (κ2) is 24.2. The number of hydrogen-bond donors (Lipinski definition) is 2. The normalized spacial score (nSPS) is 13.4. The average molecular weight is 907 g/mol. The number of benzene rings is 4. The molecule has 2 N–H and O–H groups in total. The minimum Gasteiger partial charge on any atom is -0.494 e. The largest absolute Gasteiger partial charge is 0.494 e. The number of nitrogens with one attached hydrogen (secondary N) is 2. The van der Waals surface area contributed by atoms with Gasteiger partial charge in [-0.25, -0.2) is 4.79 Å². The number of anilines is 1. The molecule has 344 valence electrons. The third-order valence-electron chi connectivity index (χ3n) is 11.2. The molecule has 1 aliphatic heterocycles. The van der Waals surface area contributed by atoms with E-state index >= 15 is 0 Å². The maximum Gasteiger partial charge on any atom is 0.363 e. The molecular formula is C50H59N4O10P. The topological polar surface area (TPSA) is 166 Å². The number of carbonyl (C=O) groups is 4. The molecule has 0 spiro atoms. The number of hydroxylamine groups is 2. The molecule has 1 aromatic heterocycles. The Balaban J connectivity index is 1.12. The van der Waals surface area contributed by atoms with Gasteiger partial charge in [-0.15, -0.1) is 0 Å². The van der Waals surface area contributed by atoms with Gasteiger partial charge in [-0.2, -0.15) is 5.06 Å². The van der Waals surface area contributed by atoms with Crippen molar-refractivity contribution in [2.75, 3.05) is 31.3 Å². The van der Waals surface area contributed by atoms with Crippen LogP contribution in [0.1, 0.15) is 97.8 Å². The summed E-state index contributed by atoms with van der Waals surface area (Å²) in [5.41, 5.74) is 3.39. The zero-order chi connectivity index (χ0) is 46.0. The van der Waals surface area contributed by atoms with E-state index in [-0.39, 0.29) is 42.3 Å². The molecule has 1 fully saturated rings. The second-order valence-corrected chi connectivity index (χ2v) is 17.7. The highest BCUT2D eigenvalue weighted by Crippen LogP contribution is 2.50. The summed E-state index contributed by atoms with van der Waals surface area (Å²) in [6, 6.07) is 33.1. The third-order valence-corrected chi connectivity index (χ3v) is 13.0.